The molecule has 0 atom stereocenters. The van der Waals surface area contributed by atoms with E-state index in [0.717, 1.165) is 0 Å². The first-order valence-electron chi connectivity index (χ1n) is 17.4. The van der Waals surface area contributed by atoms with E-state index in [4.69, 9.17) is 0 Å². The molecule has 0 unspecified atom stereocenters. The Labute approximate surface area is 290 Å². The Morgan fingerprint density at radius 3 is 1.52 bits per heavy atom. The van der Waals surface area contributed by atoms with Crippen LogP contribution in [0.5, 0.6) is 0 Å². The summed E-state index contributed by atoms with van der Waals surface area (Å²) in [6.45, 7) is 0. The Balaban J connectivity index is 0.956. The van der Waals surface area contributed by atoms with Crippen LogP contribution in [0.3, 0.4) is 0 Å². The second kappa shape index (κ2) is 10.5. The molecule has 10 aromatic rings. The molecule has 0 N–H and O–H groups in total. The first kappa shape index (κ1) is 27.5. The largest absolute Gasteiger partial charge is 0.0616 e. The topological polar surface area (TPSA) is 0 Å². The summed E-state index contributed by atoms with van der Waals surface area (Å²) in [5.74, 6) is 0. The van der Waals surface area contributed by atoms with E-state index in [9.17, 15) is 0 Å². The Morgan fingerprint density at radius 1 is 0.200 bits per heavy atom. The number of rotatable bonds is 3. The molecule has 0 heteroatoms. The van der Waals surface area contributed by atoms with Gasteiger partial charge in [-0.1, -0.05) is 152 Å². The molecule has 0 aliphatic heterocycles. The zero-order chi connectivity index (χ0) is 32.8. The summed E-state index contributed by atoms with van der Waals surface area (Å²) in [4.78, 5) is 0. The molecule has 0 amide bonds. The van der Waals surface area contributed by atoms with Gasteiger partial charge in [-0.3, -0.25) is 0 Å². The van der Waals surface area contributed by atoms with Crippen LogP contribution >= 0.6 is 0 Å². The lowest BCUT2D eigenvalue weighted by atomic mass is 9.90. The maximum atomic E-state index is 2.38. The lowest BCUT2D eigenvalue weighted by Crippen LogP contribution is -1.87. The molecular formula is C50H30. The van der Waals surface area contributed by atoms with Gasteiger partial charge in [-0.25, -0.2) is 0 Å². The van der Waals surface area contributed by atoms with Crippen LogP contribution in [0, 0.1) is 0 Å². The maximum absolute atomic E-state index is 2.38. The van der Waals surface area contributed by atoms with Crippen LogP contribution in [-0.2, 0) is 0 Å². The second-order valence-electron chi connectivity index (χ2n) is 13.7. The van der Waals surface area contributed by atoms with Gasteiger partial charge >= 0.3 is 0 Å². The van der Waals surface area contributed by atoms with Crippen LogP contribution in [0.1, 0.15) is 0 Å². The molecule has 0 bridgehead atoms. The summed E-state index contributed by atoms with van der Waals surface area (Å²) in [5, 5.41) is 13.0. The summed E-state index contributed by atoms with van der Waals surface area (Å²) < 4.78 is 0. The van der Waals surface area contributed by atoms with Crippen molar-refractivity contribution in [2.75, 3.05) is 0 Å². The third-order valence-corrected chi connectivity index (χ3v) is 10.9. The predicted molar refractivity (Wildman–Crippen MR) is 215 cm³/mol. The molecule has 0 heterocycles. The number of benzene rings is 10. The standard InChI is InChI=1S/C50H30/c1-2-10-41-32(8-1)20-25-39-29-47(44-13-5-6-14-45(44)49(39)41)33-18-16-31(17-19-33)34-21-22-36-27-37(24-23-35(36)26-34)40-28-38-9-7-15-46-42-11-3-4-12-43(42)48(30-40)50(38)46/h1-30H. The van der Waals surface area contributed by atoms with Gasteiger partial charge in [0.05, 0.1) is 0 Å². The molecule has 0 saturated heterocycles. The first-order chi connectivity index (χ1) is 24.8. The highest BCUT2D eigenvalue weighted by molar-refractivity contribution is 6.23. The molecule has 0 radical (unpaired) electrons. The van der Waals surface area contributed by atoms with E-state index in [1.54, 1.807) is 0 Å². The zero-order valence-corrected chi connectivity index (χ0v) is 27.3. The monoisotopic (exact) mass is 630 g/mol. The molecule has 0 nitrogen and oxygen atoms in total. The molecule has 50 heavy (non-hydrogen) atoms. The summed E-state index contributed by atoms with van der Waals surface area (Å²) in [6.07, 6.45) is 0. The van der Waals surface area contributed by atoms with E-state index in [1.807, 2.05) is 0 Å². The van der Waals surface area contributed by atoms with Crippen molar-refractivity contribution >= 4 is 53.9 Å². The third-order valence-electron chi connectivity index (χ3n) is 10.9. The minimum Gasteiger partial charge on any atom is -0.0616 e. The van der Waals surface area contributed by atoms with E-state index in [0.29, 0.717) is 0 Å². The third kappa shape index (κ3) is 4.06. The van der Waals surface area contributed by atoms with Crippen molar-refractivity contribution in [2.45, 2.75) is 0 Å². The van der Waals surface area contributed by atoms with Crippen molar-refractivity contribution in [3.05, 3.63) is 182 Å². The molecule has 230 valence electrons. The minimum atomic E-state index is 1.22. The zero-order valence-electron chi connectivity index (χ0n) is 27.3. The fourth-order valence-corrected chi connectivity index (χ4v) is 8.55. The quantitative estimate of drug-likeness (QED) is 0.170. The van der Waals surface area contributed by atoms with Gasteiger partial charge in [0, 0.05) is 0 Å². The van der Waals surface area contributed by atoms with Crippen LogP contribution in [-0.4, -0.2) is 0 Å². The maximum Gasteiger partial charge on any atom is -0.00259 e. The van der Waals surface area contributed by atoms with Crippen LogP contribution in [0.25, 0.3) is 109 Å². The Morgan fingerprint density at radius 2 is 0.720 bits per heavy atom. The van der Waals surface area contributed by atoms with Crippen molar-refractivity contribution in [2.24, 2.45) is 0 Å². The first-order valence-corrected chi connectivity index (χ1v) is 17.4. The summed E-state index contributed by atoms with van der Waals surface area (Å²) in [6, 6.07) is 67.5. The van der Waals surface area contributed by atoms with E-state index >= 15 is 0 Å². The normalized spacial score (nSPS) is 12.0. The van der Waals surface area contributed by atoms with Crippen LogP contribution < -0.4 is 0 Å². The molecule has 1 aliphatic carbocycles. The van der Waals surface area contributed by atoms with Gasteiger partial charge in [0.1, 0.15) is 0 Å². The van der Waals surface area contributed by atoms with Gasteiger partial charge in [0.15, 0.2) is 0 Å². The van der Waals surface area contributed by atoms with E-state index in [2.05, 4.69) is 182 Å². The molecular weight excluding hydrogens is 601 g/mol. The van der Waals surface area contributed by atoms with Gasteiger partial charge in [-0.15, -0.1) is 0 Å². The Kier molecular flexibility index (Phi) is 5.76. The van der Waals surface area contributed by atoms with Gasteiger partial charge in [0.25, 0.3) is 0 Å². The molecule has 11 rings (SSSR count). The minimum absolute atomic E-state index is 1.22. The van der Waals surface area contributed by atoms with Gasteiger partial charge in [0.2, 0.25) is 0 Å². The lowest BCUT2D eigenvalue weighted by molar-refractivity contribution is 1.62. The molecule has 0 spiro atoms. The van der Waals surface area contributed by atoms with Gasteiger partial charge in [-0.2, -0.15) is 0 Å². The van der Waals surface area contributed by atoms with Crippen molar-refractivity contribution in [3.63, 3.8) is 0 Å². The fraction of sp³-hybridized carbons (Fsp3) is 0. The second-order valence-corrected chi connectivity index (χ2v) is 13.7. The highest BCUT2D eigenvalue weighted by Crippen LogP contribution is 2.48. The highest BCUT2D eigenvalue weighted by atomic mass is 14.2. The van der Waals surface area contributed by atoms with Gasteiger partial charge < -0.3 is 0 Å². The Hall–Kier alpha value is -6.50. The fourth-order valence-electron chi connectivity index (χ4n) is 8.55. The number of hydrogen-bond acceptors (Lipinski definition) is 0. The summed E-state index contributed by atoms with van der Waals surface area (Å²) in [5.41, 5.74) is 12.8. The summed E-state index contributed by atoms with van der Waals surface area (Å²) in [7, 11) is 0. The van der Waals surface area contributed by atoms with Crippen LogP contribution in [0.2, 0.25) is 0 Å². The summed E-state index contributed by atoms with van der Waals surface area (Å²) >= 11 is 0. The van der Waals surface area contributed by atoms with Crippen molar-refractivity contribution in [1.29, 1.82) is 0 Å². The van der Waals surface area contributed by atoms with E-state index in [1.165, 1.54) is 109 Å². The Bertz CT molecular complexity index is 3020. The average molecular weight is 631 g/mol. The lowest BCUT2D eigenvalue weighted by Gasteiger charge is -2.14. The van der Waals surface area contributed by atoms with Crippen molar-refractivity contribution in [1.82, 2.24) is 0 Å². The highest BCUT2D eigenvalue weighted by Gasteiger charge is 2.21. The molecule has 0 fully saturated rings. The van der Waals surface area contributed by atoms with Crippen LogP contribution in [0.4, 0.5) is 0 Å². The number of fused-ring (bicyclic) bond motifs is 9. The predicted octanol–water partition coefficient (Wildman–Crippen LogP) is 14.1. The van der Waals surface area contributed by atoms with Crippen molar-refractivity contribution < 1.29 is 0 Å². The number of hydrogen-bond donors (Lipinski definition) is 0. The SMILES string of the molecule is c1ccc2c(c1)-c1cccc3cc(-c4ccc5cc(-c6ccc(-c7cc8ccc9ccccc9c8c8ccccc78)cc6)ccc5c4)cc-2c13. The van der Waals surface area contributed by atoms with E-state index < -0.39 is 0 Å². The van der Waals surface area contributed by atoms with Crippen molar-refractivity contribution in [3.8, 4) is 55.6 Å². The van der Waals surface area contributed by atoms with E-state index in [-0.39, 0.29) is 0 Å². The smallest absolute Gasteiger partial charge is 0.00259 e. The van der Waals surface area contributed by atoms with Crippen LogP contribution in [0.15, 0.2) is 182 Å². The molecule has 10 aromatic carbocycles. The van der Waals surface area contributed by atoms with Gasteiger partial charge in [-0.05, 0) is 140 Å². The molecule has 1 aliphatic rings. The molecule has 0 aromatic heterocycles. The average Bonchev–Trinajstić information content (AvgIpc) is 3.51. The molecule has 0 saturated carbocycles.